The molecule has 0 spiro atoms. The van der Waals surface area contributed by atoms with Crippen LogP contribution in [0.2, 0.25) is 0 Å². The number of aromatic amines is 1. The Labute approximate surface area is 137 Å². The number of hydrogen-bond acceptors (Lipinski definition) is 5. The third kappa shape index (κ3) is 2.81. The van der Waals surface area contributed by atoms with E-state index in [4.69, 9.17) is 0 Å². The van der Waals surface area contributed by atoms with Gasteiger partial charge < -0.3 is 10.3 Å². The first-order chi connectivity index (χ1) is 11.0. The number of thioether (sulfide) groups is 1. The topological polar surface area (TPSA) is 92.7 Å². The highest BCUT2D eigenvalue weighted by Crippen LogP contribution is 2.35. The smallest absolute Gasteiger partial charge is 0.257 e. The van der Waals surface area contributed by atoms with E-state index in [1.54, 1.807) is 17.0 Å². The Morgan fingerprint density at radius 3 is 2.96 bits per heavy atom. The summed E-state index contributed by atoms with van der Waals surface area (Å²) in [5, 5.41) is 7.39. The maximum Gasteiger partial charge on any atom is 0.257 e. The molecule has 2 aromatic rings. The van der Waals surface area contributed by atoms with Gasteiger partial charge in [-0.25, -0.2) is 4.98 Å². The molecule has 1 amide bonds. The van der Waals surface area contributed by atoms with Gasteiger partial charge in [-0.1, -0.05) is 17.8 Å². The summed E-state index contributed by atoms with van der Waals surface area (Å²) in [6.45, 7) is 5.56. The molecule has 0 aliphatic carbocycles. The van der Waals surface area contributed by atoms with Gasteiger partial charge in [0.15, 0.2) is 5.16 Å². The molecule has 120 valence electrons. The average molecular weight is 331 g/mol. The Morgan fingerprint density at radius 2 is 2.30 bits per heavy atom. The van der Waals surface area contributed by atoms with E-state index in [1.165, 1.54) is 11.8 Å². The molecule has 2 N–H and O–H groups in total. The molecule has 23 heavy (non-hydrogen) atoms. The van der Waals surface area contributed by atoms with Crippen molar-refractivity contribution in [3.8, 4) is 0 Å². The van der Waals surface area contributed by atoms with E-state index in [0.717, 1.165) is 11.3 Å². The molecular formula is C15H17N5O2S. The van der Waals surface area contributed by atoms with E-state index < -0.39 is 0 Å². The number of nitrogens with zero attached hydrogens (tertiary/aromatic N) is 3. The second kappa shape index (κ2) is 6.04. The number of aromatic nitrogens is 4. The molecular weight excluding hydrogens is 314 g/mol. The number of aryl methyl sites for hydroxylation is 1. The molecule has 0 radical (unpaired) electrons. The number of fused-ring (bicyclic) bond motifs is 1. The molecule has 1 atom stereocenters. The summed E-state index contributed by atoms with van der Waals surface area (Å²) in [6, 6.07) is 0. The molecule has 3 heterocycles. The molecule has 8 heteroatoms. The predicted molar refractivity (Wildman–Crippen MR) is 88.8 cm³/mol. The lowest BCUT2D eigenvalue weighted by Crippen LogP contribution is -2.31. The van der Waals surface area contributed by atoms with Crippen molar-refractivity contribution in [3.63, 3.8) is 0 Å². The average Bonchev–Trinajstić information content (AvgIpc) is 2.83. The minimum Gasteiger partial charge on any atom is -0.310 e. The van der Waals surface area contributed by atoms with Crippen molar-refractivity contribution in [1.82, 2.24) is 19.7 Å². The van der Waals surface area contributed by atoms with Crippen LogP contribution in [-0.4, -0.2) is 31.4 Å². The van der Waals surface area contributed by atoms with Crippen LogP contribution >= 0.6 is 11.8 Å². The van der Waals surface area contributed by atoms with Gasteiger partial charge >= 0.3 is 0 Å². The van der Waals surface area contributed by atoms with Crippen LogP contribution in [0.4, 0.5) is 5.82 Å². The van der Waals surface area contributed by atoms with Crippen LogP contribution in [-0.2, 0) is 11.8 Å². The third-order valence-electron chi connectivity index (χ3n) is 3.92. The number of amides is 1. The molecule has 1 aliphatic heterocycles. The number of hydrogen-bond donors (Lipinski definition) is 2. The van der Waals surface area contributed by atoms with Gasteiger partial charge in [-0.15, -0.1) is 6.58 Å². The summed E-state index contributed by atoms with van der Waals surface area (Å²) in [5.74, 6) is 0.483. The maximum atomic E-state index is 12.5. The Morgan fingerprint density at radius 1 is 1.52 bits per heavy atom. The minimum atomic E-state index is -0.331. The molecule has 1 aliphatic rings. The molecule has 3 rings (SSSR count). The van der Waals surface area contributed by atoms with Crippen molar-refractivity contribution in [2.45, 2.75) is 24.4 Å². The third-order valence-corrected chi connectivity index (χ3v) is 4.79. The second-order valence-corrected chi connectivity index (χ2v) is 6.36. The maximum absolute atomic E-state index is 12.5. The summed E-state index contributed by atoms with van der Waals surface area (Å²) in [6.07, 6.45) is 3.65. The van der Waals surface area contributed by atoms with Crippen LogP contribution < -0.4 is 10.9 Å². The first-order valence-corrected chi connectivity index (χ1v) is 8.16. The Hall–Kier alpha value is -2.35. The molecule has 1 unspecified atom stereocenters. The van der Waals surface area contributed by atoms with Crippen LogP contribution in [0.1, 0.15) is 29.2 Å². The van der Waals surface area contributed by atoms with Crippen molar-refractivity contribution in [2.75, 3.05) is 11.1 Å². The summed E-state index contributed by atoms with van der Waals surface area (Å²) in [5.41, 5.74) is 2.07. The monoisotopic (exact) mass is 331 g/mol. The van der Waals surface area contributed by atoms with Crippen LogP contribution in [0.25, 0.3) is 0 Å². The molecule has 2 aromatic heterocycles. The number of carbonyl (C=O) groups is 1. The normalized spacial score (nSPS) is 16.8. The zero-order chi connectivity index (χ0) is 16.6. The van der Waals surface area contributed by atoms with Gasteiger partial charge in [0, 0.05) is 36.4 Å². The van der Waals surface area contributed by atoms with E-state index in [0.29, 0.717) is 22.3 Å². The number of carbonyl (C=O) groups excluding carboxylic acids is 1. The fourth-order valence-electron chi connectivity index (χ4n) is 2.68. The molecule has 7 nitrogen and oxygen atoms in total. The zero-order valence-electron chi connectivity index (χ0n) is 12.9. The Bertz CT molecular complexity index is 839. The molecule has 0 saturated heterocycles. The van der Waals surface area contributed by atoms with Gasteiger partial charge in [-0.05, 0) is 6.92 Å². The van der Waals surface area contributed by atoms with Crippen LogP contribution in [0.3, 0.4) is 0 Å². The number of anilines is 1. The quantitative estimate of drug-likeness (QED) is 0.504. The minimum absolute atomic E-state index is 0.150. The zero-order valence-corrected chi connectivity index (χ0v) is 13.7. The fourth-order valence-corrected chi connectivity index (χ4v) is 3.28. The Kier molecular flexibility index (Phi) is 4.08. The van der Waals surface area contributed by atoms with Gasteiger partial charge in [-0.2, -0.15) is 5.10 Å². The van der Waals surface area contributed by atoms with Gasteiger partial charge in [-0.3, -0.25) is 14.3 Å². The van der Waals surface area contributed by atoms with Crippen molar-refractivity contribution in [3.05, 3.63) is 46.0 Å². The first kappa shape index (κ1) is 15.5. The summed E-state index contributed by atoms with van der Waals surface area (Å²) >= 11 is 1.36. The highest BCUT2D eigenvalue weighted by molar-refractivity contribution is 7.99. The van der Waals surface area contributed by atoms with Crippen molar-refractivity contribution in [1.29, 1.82) is 0 Å². The van der Waals surface area contributed by atoms with E-state index in [1.807, 2.05) is 14.0 Å². The van der Waals surface area contributed by atoms with Crippen LogP contribution in [0.15, 0.2) is 28.8 Å². The largest absolute Gasteiger partial charge is 0.310 e. The Balaban J connectivity index is 2.10. The fraction of sp³-hybridized carbons (Fsp3) is 0.333. The lowest BCUT2D eigenvalue weighted by molar-refractivity contribution is -0.116. The lowest BCUT2D eigenvalue weighted by Gasteiger charge is -2.24. The lowest BCUT2D eigenvalue weighted by atomic mass is 9.87. The van der Waals surface area contributed by atoms with Gasteiger partial charge in [0.25, 0.3) is 5.56 Å². The summed E-state index contributed by atoms with van der Waals surface area (Å²) < 4.78 is 1.73. The first-order valence-electron chi connectivity index (χ1n) is 7.17. The highest BCUT2D eigenvalue weighted by Gasteiger charge is 2.32. The van der Waals surface area contributed by atoms with Gasteiger partial charge in [0.1, 0.15) is 5.82 Å². The van der Waals surface area contributed by atoms with Crippen LogP contribution in [0.5, 0.6) is 0 Å². The number of rotatable bonds is 4. The van der Waals surface area contributed by atoms with E-state index in [-0.39, 0.29) is 23.8 Å². The van der Waals surface area contributed by atoms with Gasteiger partial charge in [0.2, 0.25) is 5.91 Å². The molecule has 0 fully saturated rings. The standard InChI is InChI=1S/C15H17N5O2S/c1-4-5-23-15-18-13-12(14(22)19-15)9(6-11(21)17-13)10-7-16-20(3)8(10)2/h4,7,9H,1,5-6H2,2-3H3,(H2,17,18,19,21,22). The van der Waals surface area contributed by atoms with Crippen molar-refractivity contribution < 1.29 is 4.79 Å². The van der Waals surface area contributed by atoms with E-state index >= 15 is 0 Å². The molecule has 0 aromatic carbocycles. The van der Waals surface area contributed by atoms with Crippen molar-refractivity contribution >= 4 is 23.5 Å². The molecule has 0 saturated carbocycles. The number of H-pyrrole nitrogens is 1. The van der Waals surface area contributed by atoms with Crippen molar-refractivity contribution in [2.24, 2.45) is 7.05 Å². The summed E-state index contributed by atoms with van der Waals surface area (Å²) in [7, 11) is 1.83. The predicted octanol–water partition coefficient (Wildman–Crippen LogP) is 1.56. The molecule has 0 bridgehead atoms. The summed E-state index contributed by atoms with van der Waals surface area (Å²) in [4.78, 5) is 31.7. The second-order valence-electron chi connectivity index (χ2n) is 5.35. The van der Waals surface area contributed by atoms with Crippen LogP contribution in [0, 0.1) is 6.92 Å². The van der Waals surface area contributed by atoms with E-state index in [9.17, 15) is 9.59 Å². The SMILES string of the molecule is C=CCSc1nc2c(c(=O)[nH]1)C(c1cnn(C)c1C)CC(=O)N2. The number of nitrogens with one attached hydrogen (secondary N) is 2. The highest BCUT2D eigenvalue weighted by atomic mass is 32.2. The van der Waals surface area contributed by atoms with Gasteiger partial charge in [0.05, 0.1) is 11.8 Å². The van der Waals surface area contributed by atoms with E-state index in [2.05, 4.69) is 27.0 Å².